The lowest BCUT2D eigenvalue weighted by molar-refractivity contribution is -0.569. The molecule has 0 atom stereocenters. The lowest BCUT2D eigenvalue weighted by atomic mass is 10.0. The van der Waals surface area contributed by atoms with Crippen LogP contribution < -0.4 is 4.57 Å². The third-order valence-electron chi connectivity index (χ3n) is 5.25. The normalized spacial score (nSPS) is 11.4. The minimum Gasteiger partial charge on any atom is -0.507 e. The van der Waals surface area contributed by atoms with E-state index in [0.717, 1.165) is 33.2 Å². The Hall–Kier alpha value is -3.91. The molecule has 1 aromatic heterocycles. The molecule has 1 N–H and O–H groups in total. The number of hydrogen-bond acceptors (Lipinski definition) is 1. The van der Waals surface area contributed by atoms with Gasteiger partial charge in [-0.3, -0.25) is 0 Å². The number of pyridine rings is 1. The first-order valence-corrected chi connectivity index (χ1v) is 9.69. The Labute approximate surface area is 169 Å². The maximum Gasteiger partial charge on any atom is 0.218 e. The van der Waals surface area contributed by atoms with Crippen LogP contribution in [0.5, 0.6) is 5.75 Å². The van der Waals surface area contributed by atoms with Crippen molar-refractivity contribution in [3.8, 4) is 11.4 Å². The molecule has 5 aromatic rings. The zero-order valence-corrected chi connectivity index (χ0v) is 15.9. The van der Waals surface area contributed by atoms with Crippen LogP contribution in [0.15, 0.2) is 103 Å². The molecule has 0 bridgehead atoms. The quantitative estimate of drug-likeness (QED) is 0.377. The third kappa shape index (κ3) is 3.15. The number of benzene rings is 4. The molecule has 0 radical (unpaired) electrons. The molecular formula is C27H20NO+. The van der Waals surface area contributed by atoms with Crippen molar-refractivity contribution in [1.29, 1.82) is 0 Å². The van der Waals surface area contributed by atoms with Gasteiger partial charge in [0.25, 0.3) is 0 Å². The van der Waals surface area contributed by atoms with Gasteiger partial charge in [0.2, 0.25) is 16.9 Å². The number of phenols is 1. The fourth-order valence-corrected chi connectivity index (χ4v) is 3.84. The highest BCUT2D eigenvalue weighted by molar-refractivity contribution is 5.95. The highest BCUT2D eigenvalue weighted by Gasteiger charge is 2.16. The lowest BCUT2D eigenvalue weighted by Gasteiger charge is -2.06. The Bertz CT molecular complexity index is 1350. The molecule has 0 unspecified atom stereocenters. The number of nitrogens with zero attached hydrogens (tertiary/aromatic N) is 1. The van der Waals surface area contributed by atoms with Crippen LogP contribution in [-0.2, 0) is 0 Å². The predicted molar refractivity (Wildman–Crippen MR) is 120 cm³/mol. The number of aromatic hydroxyl groups is 1. The number of phenolic OH excluding ortho intramolecular Hbond substituents is 1. The summed E-state index contributed by atoms with van der Waals surface area (Å²) in [5.41, 5.74) is 4.12. The molecule has 5 rings (SSSR count). The number of aromatic nitrogens is 1. The average molecular weight is 374 g/mol. The molecule has 0 saturated carbocycles. The van der Waals surface area contributed by atoms with Gasteiger partial charge >= 0.3 is 0 Å². The predicted octanol–water partition coefficient (Wildman–Crippen LogP) is 6.15. The van der Waals surface area contributed by atoms with Gasteiger partial charge in [-0.2, -0.15) is 4.57 Å². The standard InChI is InChI=1S/C27H19NO/c29-27-19-15-20-8-4-6-12-24(20)25(27)18-17-23-16-14-21-9-5-7-13-26(21)28(23)22-10-2-1-3-11-22/h1-19H/p+1. The van der Waals surface area contributed by atoms with Crippen molar-refractivity contribution in [2.75, 3.05) is 0 Å². The van der Waals surface area contributed by atoms with Gasteiger partial charge in [-0.05, 0) is 35.0 Å². The molecule has 0 aliphatic carbocycles. The van der Waals surface area contributed by atoms with Crippen molar-refractivity contribution in [2.24, 2.45) is 0 Å². The van der Waals surface area contributed by atoms with Crippen molar-refractivity contribution in [3.63, 3.8) is 0 Å². The molecule has 2 nitrogen and oxygen atoms in total. The van der Waals surface area contributed by atoms with Crippen LogP contribution in [0.2, 0.25) is 0 Å². The summed E-state index contributed by atoms with van der Waals surface area (Å²) in [4.78, 5) is 0. The van der Waals surface area contributed by atoms with Crippen molar-refractivity contribution in [3.05, 3.63) is 114 Å². The van der Waals surface area contributed by atoms with Crippen LogP contribution in [0.25, 0.3) is 39.5 Å². The van der Waals surface area contributed by atoms with Crippen LogP contribution in [0.4, 0.5) is 0 Å². The summed E-state index contributed by atoms with van der Waals surface area (Å²) < 4.78 is 2.24. The molecule has 0 amide bonds. The van der Waals surface area contributed by atoms with Crippen molar-refractivity contribution in [2.45, 2.75) is 0 Å². The zero-order chi connectivity index (χ0) is 19.6. The lowest BCUT2D eigenvalue weighted by Crippen LogP contribution is -2.34. The van der Waals surface area contributed by atoms with E-state index in [2.05, 4.69) is 65.2 Å². The second kappa shape index (κ2) is 7.25. The summed E-state index contributed by atoms with van der Waals surface area (Å²) in [7, 11) is 0. The van der Waals surface area contributed by atoms with E-state index in [1.807, 2.05) is 48.5 Å². The Morgan fingerprint density at radius 3 is 2.14 bits per heavy atom. The Morgan fingerprint density at radius 2 is 1.28 bits per heavy atom. The second-order valence-electron chi connectivity index (χ2n) is 7.04. The third-order valence-corrected chi connectivity index (χ3v) is 5.25. The first-order chi connectivity index (χ1) is 14.3. The van der Waals surface area contributed by atoms with E-state index in [-0.39, 0.29) is 5.75 Å². The van der Waals surface area contributed by atoms with Crippen molar-refractivity contribution >= 4 is 33.8 Å². The fraction of sp³-hybridized carbons (Fsp3) is 0. The smallest absolute Gasteiger partial charge is 0.218 e. The highest BCUT2D eigenvalue weighted by Crippen LogP contribution is 2.29. The molecule has 4 aromatic carbocycles. The molecular weight excluding hydrogens is 354 g/mol. The van der Waals surface area contributed by atoms with Crippen LogP contribution >= 0.6 is 0 Å². The van der Waals surface area contributed by atoms with Gasteiger partial charge in [-0.15, -0.1) is 0 Å². The Kier molecular flexibility index (Phi) is 4.30. The van der Waals surface area contributed by atoms with E-state index in [4.69, 9.17) is 0 Å². The van der Waals surface area contributed by atoms with E-state index in [9.17, 15) is 5.11 Å². The second-order valence-corrected chi connectivity index (χ2v) is 7.04. The first kappa shape index (κ1) is 17.2. The topological polar surface area (TPSA) is 24.1 Å². The van der Waals surface area contributed by atoms with E-state index in [0.29, 0.717) is 0 Å². The van der Waals surface area contributed by atoms with Crippen LogP contribution in [-0.4, -0.2) is 5.11 Å². The van der Waals surface area contributed by atoms with Gasteiger partial charge in [0.05, 0.1) is 0 Å². The van der Waals surface area contributed by atoms with E-state index < -0.39 is 0 Å². The molecule has 2 heteroatoms. The van der Waals surface area contributed by atoms with Crippen LogP contribution in [0.1, 0.15) is 11.3 Å². The van der Waals surface area contributed by atoms with Gasteiger partial charge in [-0.25, -0.2) is 0 Å². The van der Waals surface area contributed by atoms with Gasteiger partial charge in [-0.1, -0.05) is 60.7 Å². The monoisotopic (exact) mass is 374 g/mol. The van der Waals surface area contributed by atoms with Crippen molar-refractivity contribution < 1.29 is 9.67 Å². The molecule has 0 fully saturated rings. The molecule has 1 heterocycles. The summed E-state index contributed by atoms with van der Waals surface area (Å²) in [6, 6.07) is 34.8. The van der Waals surface area contributed by atoms with E-state index >= 15 is 0 Å². The molecule has 29 heavy (non-hydrogen) atoms. The summed E-state index contributed by atoms with van der Waals surface area (Å²) in [5.74, 6) is 0.284. The molecule has 0 saturated heterocycles. The average Bonchev–Trinajstić information content (AvgIpc) is 2.78. The highest BCUT2D eigenvalue weighted by atomic mass is 16.3. The summed E-state index contributed by atoms with van der Waals surface area (Å²) in [6.07, 6.45) is 4.07. The number of rotatable bonds is 3. The Balaban J connectivity index is 1.72. The fourth-order valence-electron chi connectivity index (χ4n) is 3.84. The maximum atomic E-state index is 10.5. The molecule has 0 aliphatic heterocycles. The Morgan fingerprint density at radius 1 is 0.586 bits per heavy atom. The van der Waals surface area contributed by atoms with Gasteiger partial charge in [0.1, 0.15) is 5.75 Å². The van der Waals surface area contributed by atoms with E-state index in [1.165, 1.54) is 5.39 Å². The maximum absolute atomic E-state index is 10.5. The number of fused-ring (bicyclic) bond motifs is 2. The molecule has 138 valence electrons. The molecule has 0 aliphatic rings. The van der Waals surface area contributed by atoms with Gasteiger partial charge < -0.3 is 5.11 Å². The largest absolute Gasteiger partial charge is 0.507 e. The zero-order valence-electron chi connectivity index (χ0n) is 15.9. The van der Waals surface area contributed by atoms with E-state index in [1.54, 1.807) is 6.07 Å². The van der Waals surface area contributed by atoms with Crippen LogP contribution in [0, 0.1) is 0 Å². The number of hydrogen-bond donors (Lipinski definition) is 1. The first-order valence-electron chi connectivity index (χ1n) is 9.69. The summed E-state index contributed by atoms with van der Waals surface area (Å²) >= 11 is 0. The molecule has 0 spiro atoms. The number of para-hydroxylation sites is 2. The van der Waals surface area contributed by atoms with Gasteiger partial charge in [0.15, 0.2) is 0 Å². The van der Waals surface area contributed by atoms with Crippen LogP contribution in [0.3, 0.4) is 0 Å². The van der Waals surface area contributed by atoms with Crippen molar-refractivity contribution in [1.82, 2.24) is 0 Å². The minimum atomic E-state index is 0.284. The minimum absolute atomic E-state index is 0.284. The summed E-state index contributed by atoms with van der Waals surface area (Å²) in [6.45, 7) is 0. The van der Waals surface area contributed by atoms with Gasteiger partial charge in [0, 0.05) is 41.3 Å². The SMILES string of the molecule is Oc1ccc2ccccc2c1C=Cc1ccc2ccccc2[n+]1-c1ccccc1. The summed E-state index contributed by atoms with van der Waals surface area (Å²) in [5, 5.41) is 13.8.